The number of hydrogen-bond acceptors (Lipinski definition) is 5. The molecule has 92 valence electrons. The molecule has 1 heterocycles. The topological polar surface area (TPSA) is 82.3 Å². The average Bonchev–Trinajstić information content (AvgIpc) is 2.18. The summed E-state index contributed by atoms with van der Waals surface area (Å²) >= 11 is 1.38. The van der Waals surface area contributed by atoms with Crippen molar-refractivity contribution in [3.05, 3.63) is 25.6 Å². The highest BCUT2D eigenvalue weighted by molar-refractivity contribution is 14.1. The summed E-state index contributed by atoms with van der Waals surface area (Å²) in [6.45, 7) is 0. The van der Waals surface area contributed by atoms with Gasteiger partial charge in [-0.05, 0) is 22.6 Å². The summed E-state index contributed by atoms with van der Waals surface area (Å²) < 4.78 is 39.4. The zero-order chi connectivity index (χ0) is 13.2. The molecule has 1 rings (SSSR count). The lowest BCUT2D eigenvalue weighted by atomic mass is 10.3. The van der Waals surface area contributed by atoms with Gasteiger partial charge in [0.15, 0.2) is 12.0 Å². The number of alkyl halides is 3. The molecular weight excluding hydrogens is 360 g/mol. The zero-order valence-electron chi connectivity index (χ0n) is 7.69. The highest BCUT2D eigenvalue weighted by Crippen LogP contribution is 2.36. The number of halogens is 4. The second kappa shape index (κ2) is 4.81. The summed E-state index contributed by atoms with van der Waals surface area (Å²) in [5, 5.41) is 10.6. The van der Waals surface area contributed by atoms with Crippen LogP contribution in [-0.4, -0.2) is 22.6 Å². The van der Waals surface area contributed by atoms with E-state index in [0.29, 0.717) is 0 Å². The Bertz CT molecular complexity index is 477. The van der Waals surface area contributed by atoms with Crippen molar-refractivity contribution in [3.8, 4) is 5.75 Å². The average molecular weight is 362 g/mol. The van der Waals surface area contributed by atoms with Crippen LogP contribution in [0.15, 0.2) is 6.20 Å². The Labute approximate surface area is 105 Å². The van der Waals surface area contributed by atoms with Gasteiger partial charge in [-0.15, -0.1) is 13.2 Å². The molecule has 0 aliphatic carbocycles. The molecule has 0 aliphatic rings. The Balaban J connectivity index is 3.44. The van der Waals surface area contributed by atoms with E-state index < -0.39 is 28.4 Å². The second-order valence-corrected chi connectivity index (χ2v) is 3.75. The number of aromatic nitrogens is 1. The van der Waals surface area contributed by atoms with E-state index in [0.717, 1.165) is 6.20 Å². The maximum Gasteiger partial charge on any atom is 0.573 e. The third kappa shape index (κ3) is 3.25. The van der Waals surface area contributed by atoms with Gasteiger partial charge in [-0.3, -0.25) is 14.9 Å². The zero-order valence-corrected chi connectivity index (χ0v) is 9.85. The summed E-state index contributed by atoms with van der Waals surface area (Å²) in [5.74, 6) is -1.04. The molecule has 0 aromatic carbocycles. The Hall–Kier alpha value is -1.46. The normalized spacial score (nSPS) is 11.1. The third-order valence-corrected chi connectivity index (χ3v) is 2.27. The van der Waals surface area contributed by atoms with Crippen molar-refractivity contribution in [1.82, 2.24) is 4.98 Å². The lowest BCUT2D eigenvalue weighted by Gasteiger charge is -2.10. The smallest absolute Gasteiger partial charge is 0.397 e. The number of ether oxygens (including phenoxy) is 1. The molecule has 0 saturated heterocycles. The van der Waals surface area contributed by atoms with Crippen LogP contribution in [0.25, 0.3) is 0 Å². The van der Waals surface area contributed by atoms with E-state index in [-0.39, 0.29) is 9.86 Å². The van der Waals surface area contributed by atoms with Crippen LogP contribution in [0.3, 0.4) is 0 Å². The number of nitrogens with zero attached hydrogens (tertiary/aromatic N) is 2. The van der Waals surface area contributed by atoms with Gasteiger partial charge >= 0.3 is 12.0 Å². The van der Waals surface area contributed by atoms with E-state index in [4.69, 9.17) is 0 Å². The molecule has 0 spiro atoms. The predicted octanol–water partition coefficient (Wildman–Crippen LogP) is 2.31. The van der Waals surface area contributed by atoms with Crippen molar-refractivity contribution in [3.63, 3.8) is 0 Å². The molecule has 0 N–H and O–H groups in total. The molecule has 0 atom stereocenters. The van der Waals surface area contributed by atoms with E-state index in [2.05, 4.69) is 9.72 Å². The Morgan fingerprint density at radius 1 is 1.53 bits per heavy atom. The van der Waals surface area contributed by atoms with E-state index in [9.17, 15) is 28.1 Å². The minimum absolute atomic E-state index is 0.0164. The predicted molar refractivity (Wildman–Crippen MR) is 55.7 cm³/mol. The van der Waals surface area contributed by atoms with E-state index in [1.54, 1.807) is 0 Å². The van der Waals surface area contributed by atoms with Crippen molar-refractivity contribution in [2.24, 2.45) is 0 Å². The molecule has 1 aromatic rings. The van der Waals surface area contributed by atoms with Gasteiger partial charge in [0.1, 0.15) is 0 Å². The van der Waals surface area contributed by atoms with Gasteiger partial charge in [-0.25, -0.2) is 4.98 Å². The van der Waals surface area contributed by atoms with Crippen LogP contribution < -0.4 is 4.74 Å². The number of carbonyl (C=O) groups excluding carboxylic acids is 1. The molecule has 1 aromatic heterocycles. The fourth-order valence-electron chi connectivity index (χ4n) is 0.951. The van der Waals surface area contributed by atoms with Crippen LogP contribution >= 0.6 is 22.6 Å². The quantitative estimate of drug-likeness (QED) is 0.357. The fourth-order valence-corrected chi connectivity index (χ4v) is 1.46. The first-order valence-corrected chi connectivity index (χ1v) is 4.88. The number of rotatable bonds is 3. The van der Waals surface area contributed by atoms with Crippen LogP contribution in [0.2, 0.25) is 0 Å². The van der Waals surface area contributed by atoms with Gasteiger partial charge in [-0.2, -0.15) is 0 Å². The van der Waals surface area contributed by atoms with Gasteiger partial charge in [0.05, 0.1) is 8.49 Å². The molecule has 10 heteroatoms. The van der Waals surface area contributed by atoms with E-state index >= 15 is 0 Å². The molecule has 0 radical (unpaired) electrons. The lowest BCUT2D eigenvalue weighted by Crippen LogP contribution is -2.19. The van der Waals surface area contributed by atoms with Gasteiger partial charge in [0.25, 0.3) is 0 Å². The van der Waals surface area contributed by atoms with Crippen molar-refractivity contribution in [2.75, 3.05) is 0 Å². The number of nitro groups is 1. The second-order valence-electron chi connectivity index (χ2n) is 2.59. The van der Waals surface area contributed by atoms with Crippen molar-refractivity contribution in [2.45, 2.75) is 6.36 Å². The molecule has 0 bridgehead atoms. The van der Waals surface area contributed by atoms with Gasteiger partial charge in [0, 0.05) is 6.20 Å². The molecular formula is C7H2F3IN2O4. The molecule has 6 nitrogen and oxygen atoms in total. The Morgan fingerprint density at radius 2 is 2.12 bits per heavy atom. The van der Waals surface area contributed by atoms with Crippen LogP contribution in [-0.2, 0) is 0 Å². The van der Waals surface area contributed by atoms with Crippen LogP contribution in [0.4, 0.5) is 18.9 Å². The van der Waals surface area contributed by atoms with Gasteiger partial charge < -0.3 is 4.74 Å². The molecule has 0 unspecified atom stereocenters. The SMILES string of the molecule is O=Cc1ncc(I)c(OC(F)(F)F)c1[N+](=O)[O-]. The van der Waals surface area contributed by atoms with Crippen LogP contribution in [0.1, 0.15) is 10.5 Å². The summed E-state index contributed by atoms with van der Waals surface area (Å²) in [6.07, 6.45) is -4.23. The maximum atomic E-state index is 12.0. The maximum absolute atomic E-state index is 12.0. The molecule has 0 amide bonds. The summed E-state index contributed by atoms with van der Waals surface area (Å²) in [5.41, 5.74) is -1.83. The minimum atomic E-state index is -5.09. The molecule has 0 fully saturated rings. The fraction of sp³-hybridized carbons (Fsp3) is 0.143. The Morgan fingerprint density at radius 3 is 2.53 bits per heavy atom. The summed E-state index contributed by atoms with van der Waals surface area (Å²) in [7, 11) is 0. The largest absolute Gasteiger partial charge is 0.573 e. The first kappa shape index (κ1) is 13.6. The molecule has 0 aliphatic heterocycles. The van der Waals surface area contributed by atoms with Crippen molar-refractivity contribution >= 4 is 34.6 Å². The highest BCUT2D eigenvalue weighted by atomic mass is 127. The van der Waals surface area contributed by atoms with Crippen LogP contribution in [0, 0.1) is 13.7 Å². The standard InChI is InChI=1S/C7H2F3IN2O4/c8-7(9,10)17-6-3(11)1-12-4(2-14)5(6)13(15)16/h1-2H. The number of pyridine rings is 1. The first-order chi connectivity index (χ1) is 7.76. The van der Waals surface area contributed by atoms with Gasteiger partial charge in [-0.1, -0.05) is 0 Å². The monoisotopic (exact) mass is 362 g/mol. The van der Waals surface area contributed by atoms with E-state index in [1.165, 1.54) is 22.6 Å². The molecule has 0 saturated carbocycles. The number of hydrogen-bond donors (Lipinski definition) is 0. The summed E-state index contributed by atoms with van der Waals surface area (Å²) in [6, 6.07) is 0. The highest BCUT2D eigenvalue weighted by Gasteiger charge is 2.37. The van der Waals surface area contributed by atoms with Gasteiger partial charge in [0.2, 0.25) is 5.75 Å². The van der Waals surface area contributed by atoms with Crippen molar-refractivity contribution in [1.29, 1.82) is 0 Å². The van der Waals surface area contributed by atoms with Crippen molar-refractivity contribution < 1.29 is 27.6 Å². The minimum Gasteiger partial charge on any atom is -0.397 e. The van der Waals surface area contributed by atoms with E-state index in [1.807, 2.05) is 0 Å². The Kier molecular flexibility index (Phi) is 3.85. The number of carbonyl (C=O) groups is 1. The summed E-state index contributed by atoms with van der Waals surface area (Å²) in [4.78, 5) is 23.2. The first-order valence-electron chi connectivity index (χ1n) is 3.80. The third-order valence-electron chi connectivity index (χ3n) is 1.50. The van der Waals surface area contributed by atoms with Crippen LogP contribution in [0.5, 0.6) is 5.75 Å². The molecule has 17 heavy (non-hydrogen) atoms. The number of aldehydes is 1. The lowest BCUT2D eigenvalue weighted by molar-refractivity contribution is -0.389.